The second-order valence-corrected chi connectivity index (χ2v) is 6.71. The lowest BCUT2D eigenvalue weighted by atomic mass is 10.2. The highest BCUT2D eigenvalue weighted by molar-refractivity contribution is 6.30. The van der Waals surface area contributed by atoms with Gasteiger partial charge in [0.2, 0.25) is 12.1 Å². The van der Waals surface area contributed by atoms with Crippen molar-refractivity contribution in [2.24, 2.45) is 5.10 Å². The number of aromatic nitrogens is 2. The van der Waals surface area contributed by atoms with Crippen molar-refractivity contribution >= 4 is 29.1 Å². The van der Waals surface area contributed by atoms with Gasteiger partial charge in [0.15, 0.2) is 0 Å². The lowest BCUT2D eigenvalue weighted by molar-refractivity contribution is -0.135. The minimum Gasteiger partial charge on any atom is -0.445 e. The van der Waals surface area contributed by atoms with E-state index in [2.05, 4.69) is 10.1 Å². The zero-order chi connectivity index (χ0) is 18.4. The molecule has 4 rings (SSSR count). The van der Waals surface area contributed by atoms with Gasteiger partial charge >= 0.3 is 0 Å². The van der Waals surface area contributed by atoms with Crippen LogP contribution in [0.2, 0.25) is 5.02 Å². The molecule has 0 unspecified atom stereocenters. The highest BCUT2D eigenvalue weighted by Crippen LogP contribution is 2.31. The SMILES string of the molecule is CC(=O)N1N=C(c2c(C)nc3cc(C)ccn23)O[C@@H]1c1ccc(Cl)cc1. The number of hydrogen-bond donors (Lipinski definition) is 0. The highest BCUT2D eigenvalue weighted by Gasteiger charge is 2.35. The Labute approximate surface area is 155 Å². The van der Waals surface area contributed by atoms with Crippen molar-refractivity contribution in [3.63, 3.8) is 0 Å². The first-order valence-electron chi connectivity index (χ1n) is 8.20. The number of hydrazone groups is 1. The first kappa shape index (κ1) is 16.6. The van der Waals surface area contributed by atoms with Gasteiger partial charge in [-0.2, -0.15) is 5.01 Å². The largest absolute Gasteiger partial charge is 0.445 e. The number of nitrogens with zero attached hydrogens (tertiary/aromatic N) is 4. The predicted molar refractivity (Wildman–Crippen MR) is 99.0 cm³/mol. The number of ether oxygens (including phenoxy) is 1. The van der Waals surface area contributed by atoms with Gasteiger partial charge in [0.05, 0.1) is 5.69 Å². The first-order chi connectivity index (χ1) is 12.4. The van der Waals surface area contributed by atoms with Gasteiger partial charge in [-0.25, -0.2) is 4.98 Å². The molecular weight excluding hydrogens is 352 g/mol. The normalized spacial score (nSPS) is 16.7. The van der Waals surface area contributed by atoms with Crippen molar-refractivity contribution < 1.29 is 9.53 Å². The van der Waals surface area contributed by atoms with E-state index in [1.165, 1.54) is 11.9 Å². The molecule has 3 heterocycles. The van der Waals surface area contributed by atoms with Gasteiger partial charge in [0, 0.05) is 23.7 Å². The summed E-state index contributed by atoms with van der Waals surface area (Å²) >= 11 is 5.96. The number of halogens is 1. The van der Waals surface area contributed by atoms with Crippen molar-refractivity contribution in [3.05, 3.63) is 70.1 Å². The van der Waals surface area contributed by atoms with E-state index in [1.54, 1.807) is 12.1 Å². The van der Waals surface area contributed by atoms with E-state index in [4.69, 9.17) is 16.3 Å². The molecule has 0 spiro atoms. The Morgan fingerprint density at radius 2 is 1.92 bits per heavy atom. The van der Waals surface area contributed by atoms with Crippen LogP contribution in [0.3, 0.4) is 0 Å². The minimum absolute atomic E-state index is 0.206. The molecule has 6 nitrogen and oxygen atoms in total. The van der Waals surface area contributed by atoms with Crippen molar-refractivity contribution in [3.8, 4) is 0 Å². The molecule has 0 fully saturated rings. The Bertz CT molecular complexity index is 1040. The summed E-state index contributed by atoms with van der Waals surface area (Å²) in [4.78, 5) is 16.7. The Hall–Kier alpha value is -2.86. The van der Waals surface area contributed by atoms with Crippen LogP contribution in [0.15, 0.2) is 47.7 Å². The number of rotatable bonds is 2. The number of carbonyl (C=O) groups is 1. The molecule has 1 aliphatic heterocycles. The Balaban J connectivity index is 1.78. The smallest absolute Gasteiger partial charge is 0.260 e. The Kier molecular flexibility index (Phi) is 3.92. The Morgan fingerprint density at radius 1 is 1.19 bits per heavy atom. The summed E-state index contributed by atoms with van der Waals surface area (Å²) in [6.07, 6.45) is 1.30. The zero-order valence-corrected chi connectivity index (χ0v) is 15.4. The summed E-state index contributed by atoms with van der Waals surface area (Å²) in [7, 11) is 0. The van der Waals surface area contributed by atoms with Crippen LogP contribution in [0.5, 0.6) is 0 Å². The van der Waals surface area contributed by atoms with Crippen LogP contribution in [0.4, 0.5) is 0 Å². The van der Waals surface area contributed by atoms with E-state index in [9.17, 15) is 4.79 Å². The van der Waals surface area contributed by atoms with Crippen molar-refractivity contribution in [1.82, 2.24) is 14.4 Å². The van der Waals surface area contributed by atoms with E-state index in [-0.39, 0.29) is 5.91 Å². The summed E-state index contributed by atoms with van der Waals surface area (Å²) in [5.41, 5.74) is 4.25. The lowest BCUT2D eigenvalue weighted by Crippen LogP contribution is -2.25. The monoisotopic (exact) mass is 368 g/mol. The number of carbonyl (C=O) groups excluding carboxylic acids is 1. The van der Waals surface area contributed by atoms with Crippen LogP contribution in [-0.2, 0) is 9.53 Å². The molecule has 26 heavy (non-hydrogen) atoms. The van der Waals surface area contributed by atoms with Crippen LogP contribution in [-0.4, -0.2) is 26.2 Å². The van der Waals surface area contributed by atoms with Gasteiger partial charge < -0.3 is 4.74 Å². The molecule has 132 valence electrons. The third-order valence-corrected chi connectivity index (χ3v) is 4.53. The number of amides is 1. The van der Waals surface area contributed by atoms with Crippen LogP contribution in [0.25, 0.3) is 5.65 Å². The van der Waals surface area contributed by atoms with Crippen LogP contribution in [0.1, 0.15) is 35.7 Å². The zero-order valence-electron chi connectivity index (χ0n) is 14.6. The van der Waals surface area contributed by atoms with Crippen LogP contribution in [0, 0.1) is 13.8 Å². The molecule has 0 radical (unpaired) electrons. The highest BCUT2D eigenvalue weighted by atomic mass is 35.5. The molecular formula is C19H17ClN4O2. The maximum Gasteiger partial charge on any atom is 0.260 e. The van der Waals surface area contributed by atoms with Gasteiger partial charge in [0.1, 0.15) is 11.3 Å². The Morgan fingerprint density at radius 3 is 2.62 bits per heavy atom. The molecule has 2 aromatic heterocycles. The number of pyridine rings is 1. The van der Waals surface area contributed by atoms with E-state index in [0.717, 1.165) is 28.2 Å². The molecule has 3 aromatic rings. The van der Waals surface area contributed by atoms with Crippen LogP contribution < -0.4 is 0 Å². The molecule has 0 aliphatic carbocycles. The number of fused-ring (bicyclic) bond motifs is 1. The molecule has 0 N–H and O–H groups in total. The fraction of sp³-hybridized carbons (Fsp3) is 0.211. The van der Waals surface area contributed by atoms with Crippen LogP contribution >= 0.6 is 11.6 Å². The van der Waals surface area contributed by atoms with Crippen molar-refractivity contribution in [1.29, 1.82) is 0 Å². The molecule has 0 bridgehead atoms. The van der Waals surface area contributed by atoms with Gasteiger partial charge in [-0.1, -0.05) is 23.7 Å². The standard InChI is InChI=1S/C19H17ClN4O2/c1-11-8-9-23-16(10-11)21-12(2)17(23)18-22-24(13(3)25)19(26-18)14-4-6-15(20)7-5-14/h4-10,19H,1-3H3/t19-/m1/s1. The molecule has 1 amide bonds. The summed E-state index contributed by atoms with van der Waals surface area (Å²) in [6.45, 7) is 5.38. The fourth-order valence-corrected chi connectivity index (χ4v) is 3.15. The van der Waals surface area contributed by atoms with Crippen molar-refractivity contribution in [2.45, 2.75) is 27.0 Å². The predicted octanol–water partition coefficient (Wildman–Crippen LogP) is 3.84. The first-order valence-corrected chi connectivity index (χ1v) is 8.58. The van der Waals surface area contributed by atoms with Crippen molar-refractivity contribution in [2.75, 3.05) is 0 Å². The van der Waals surface area contributed by atoms with Gasteiger partial charge in [-0.15, -0.1) is 5.10 Å². The number of imidazole rings is 1. The molecule has 0 saturated carbocycles. The minimum atomic E-state index is -0.629. The number of hydrogen-bond acceptors (Lipinski definition) is 4. The number of benzene rings is 1. The van der Waals surface area contributed by atoms with E-state index in [0.29, 0.717) is 10.9 Å². The molecule has 7 heteroatoms. The van der Waals surface area contributed by atoms with E-state index in [1.807, 2.05) is 48.7 Å². The average molecular weight is 369 g/mol. The molecule has 1 aromatic carbocycles. The summed E-state index contributed by atoms with van der Waals surface area (Å²) in [5, 5.41) is 6.39. The van der Waals surface area contributed by atoms with E-state index >= 15 is 0 Å². The second-order valence-electron chi connectivity index (χ2n) is 6.27. The molecule has 1 aliphatic rings. The second kappa shape index (κ2) is 6.14. The number of aryl methyl sites for hydroxylation is 2. The third kappa shape index (κ3) is 2.72. The molecule has 0 saturated heterocycles. The maximum absolute atomic E-state index is 12.1. The summed E-state index contributed by atoms with van der Waals surface area (Å²) < 4.78 is 8.00. The fourth-order valence-electron chi connectivity index (χ4n) is 3.03. The van der Waals surface area contributed by atoms with Gasteiger partial charge in [-0.05, 0) is 43.7 Å². The molecule has 1 atom stereocenters. The lowest BCUT2D eigenvalue weighted by Gasteiger charge is -2.19. The maximum atomic E-state index is 12.1. The summed E-state index contributed by atoms with van der Waals surface area (Å²) in [6, 6.07) is 11.2. The van der Waals surface area contributed by atoms with Gasteiger partial charge in [0.25, 0.3) is 5.90 Å². The third-order valence-electron chi connectivity index (χ3n) is 4.28. The topological polar surface area (TPSA) is 59.2 Å². The van der Waals surface area contributed by atoms with Gasteiger partial charge in [-0.3, -0.25) is 9.20 Å². The average Bonchev–Trinajstić information content (AvgIpc) is 3.15. The summed E-state index contributed by atoms with van der Waals surface area (Å²) in [5.74, 6) is 0.163. The quantitative estimate of drug-likeness (QED) is 0.690. The van der Waals surface area contributed by atoms with E-state index < -0.39 is 6.23 Å².